The molecule has 2 aliphatic rings. The van der Waals surface area contributed by atoms with Crippen molar-refractivity contribution in [2.75, 3.05) is 23.3 Å². The molecule has 9 heteroatoms. The first-order valence-electron chi connectivity index (χ1n) is 9.97. The van der Waals surface area contributed by atoms with E-state index < -0.39 is 35.7 Å². The van der Waals surface area contributed by atoms with Crippen molar-refractivity contribution in [3.05, 3.63) is 24.3 Å². The molecule has 1 N–H and O–H groups in total. The maximum atomic E-state index is 12.9. The number of nitrogens with zero attached hydrogens (tertiary/aromatic N) is 2. The molecule has 0 unspecified atom stereocenters. The van der Waals surface area contributed by atoms with Crippen molar-refractivity contribution < 1.29 is 28.7 Å². The quantitative estimate of drug-likeness (QED) is 0.757. The number of carbonyl (C=O) groups is 4. The summed E-state index contributed by atoms with van der Waals surface area (Å²) in [5.74, 6) is -1.49. The van der Waals surface area contributed by atoms with E-state index in [0.29, 0.717) is 30.8 Å². The second-order valence-corrected chi connectivity index (χ2v) is 8.40. The van der Waals surface area contributed by atoms with Gasteiger partial charge in [-0.25, -0.2) is 9.59 Å². The molecule has 0 aromatic heterocycles. The second kappa shape index (κ2) is 8.33. The first kappa shape index (κ1) is 21.6. The largest absolute Gasteiger partial charge is 0.451 e. The van der Waals surface area contributed by atoms with Crippen molar-refractivity contribution in [2.24, 2.45) is 0 Å². The molecule has 0 bridgehead atoms. The van der Waals surface area contributed by atoms with E-state index >= 15 is 0 Å². The standard InChI is InChI=1S/C21H27N3O6/c1-13(18(26)24-12-17(25)22-14-8-5-6-9-15(14)24)29-19(27)16-10-7-11-23(16)20(28)30-21(2,3)4/h5-6,8-9,13,16H,7,10-12H2,1-4H3,(H,22,25)/t13-,16-/m0/s1. The molecule has 0 radical (unpaired) electrons. The van der Waals surface area contributed by atoms with E-state index in [-0.39, 0.29) is 12.5 Å². The number of amides is 3. The number of esters is 1. The molecule has 0 spiro atoms. The molecule has 3 rings (SSSR count). The zero-order valence-electron chi connectivity index (χ0n) is 17.6. The van der Waals surface area contributed by atoms with Crippen LogP contribution in [0.5, 0.6) is 0 Å². The first-order chi connectivity index (χ1) is 14.1. The molecule has 1 fully saturated rings. The minimum atomic E-state index is -1.11. The van der Waals surface area contributed by atoms with E-state index in [0.717, 1.165) is 0 Å². The van der Waals surface area contributed by atoms with E-state index in [4.69, 9.17) is 9.47 Å². The average Bonchev–Trinajstić information content (AvgIpc) is 3.15. The van der Waals surface area contributed by atoms with Gasteiger partial charge in [0, 0.05) is 6.54 Å². The van der Waals surface area contributed by atoms with Gasteiger partial charge in [0.05, 0.1) is 11.4 Å². The van der Waals surface area contributed by atoms with Gasteiger partial charge in [0.25, 0.3) is 5.91 Å². The number of hydrogen-bond donors (Lipinski definition) is 1. The number of nitrogens with one attached hydrogen (secondary N) is 1. The molecule has 2 atom stereocenters. The number of para-hydroxylation sites is 2. The highest BCUT2D eigenvalue weighted by Crippen LogP contribution is 2.30. The summed E-state index contributed by atoms with van der Waals surface area (Å²) in [5.41, 5.74) is 0.383. The molecule has 2 aliphatic heterocycles. The third-order valence-corrected chi connectivity index (χ3v) is 4.83. The van der Waals surface area contributed by atoms with Crippen LogP contribution in [0.25, 0.3) is 0 Å². The number of benzene rings is 1. The lowest BCUT2D eigenvalue weighted by Gasteiger charge is -2.31. The summed E-state index contributed by atoms with van der Waals surface area (Å²) in [7, 11) is 0. The van der Waals surface area contributed by atoms with Gasteiger partial charge in [-0.2, -0.15) is 0 Å². The van der Waals surface area contributed by atoms with Crippen LogP contribution in [0.2, 0.25) is 0 Å². The first-order valence-corrected chi connectivity index (χ1v) is 9.97. The van der Waals surface area contributed by atoms with E-state index in [1.807, 2.05) is 0 Å². The van der Waals surface area contributed by atoms with Crippen molar-refractivity contribution >= 4 is 35.3 Å². The SMILES string of the molecule is C[C@H](OC(=O)[C@@H]1CCCN1C(=O)OC(C)(C)C)C(=O)N1CC(=O)Nc2ccccc21. The lowest BCUT2D eigenvalue weighted by molar-refractivity contribution is -0.158. The number of anilines is 2. The Morgan fingerprint density at radius 3 is 2.60 bits per heavy atom. The van der Waals surface area contributed by atoms with E-state index in [1.165, 1.54) is 16.7 Å². The molecule has 2 heterocycles. The molecule has 1 saturated heterocycles. The van der Waals surface area contributed by atoms with Gasteiger partial charge in [-0.05, 0) is 52.7 Å². The zero-order valence-corrected chi connectivity index (χ0v) is 17.6. The molecular formula is C21H27N3O6. The smallest absolute Gasteiger partial charge is 0.411 e. The predicted octanol–water partition coefficient (Wildman–Crippen LogP) is 2.30. The van der Waals surface area contributed by atoms with Gasteiger partial charge in [0.2, 0.25) is 5.91 Å². The van der Waals surface area contributed by atoms with Crippen LogP contribution in [0.4, 0.5) is 16.2 Å². The molecule has 162 valence electrons. The Kier molecular flexibility index (Phi) is 6.00. The fourth-order valence-electron chi connectivity index (χ4n) is 3.50. The Bertz CT molecular complexity index is 863. The third kappa shape index (κ3) is 4.72. The zero-order chi connectivity index (χ0) is 22.1. The second-order valence-electron chi connectivity index (χ2n) is 8.40. The summed E-state index contributed by atoms with van der Waals surface area (Å²) in [6, 6.07) is 6.11. The average molecular weight is 417 g/mol. The van der Waals surface area contributed by atoms with Crippen molar-refractivity contribution in [3.63, 3.8) is 0 Å². The van der Waals surface area contributed by atoms with Crippen LogP contribution < -0.4 is 10.2 Å². The maximum Gasteiger partial charge on any atom is 0.411 e. The molecule has 3 amide bonds. The number of fused-ring (bicyclic) bond motifs is 1. The lowest BCUT2D eigenvalue weighted by Crippen LogP contribution is -2.49. The molecule has 1 aromatic carbocycles. The number of ether oxygens (including phenoxy) is 2. The van der Waals surface area contributed by atoms with Crippen LogP contribution in [0.3, 0.4) is 0 Å². The topological polar surface area (TPSA) is 105 Å². The fraction of sp³-hybridized carbons (Fsp3) is 0.524. The summed E-state index contributed by atoms with van der Waals surface area (Å²) in [6.45, 7) is 6.94. The van der Waals surface area contributed by atoms with Gasteiger partial charge in [0.1, 0.15) is 18.2 Å². The van der Waals surface area contributed by atoms with Crippen LogP contribution in [-0.4, -0.2) is 59.6 Å². The van der Waals surface area contributed by atoms with Crippen molar-refractivity contribution in [1.82, 2.24) is 4.90 Å². The fourth-order valence-corrected chi connectivity index (χ4v) is 3.50. The highest BCUT2D eigenvalue weighted by atomic mass is 16.6. The number of carbonyl (C=O) groups excluding carboxylic acids is 4. The Labute approximate surface area is 175 Å². The van der Waals surface area contributed by atoms with E-state index in [9.17, 15) is 19.2 Å². The normalized spacial score (nSPS) is 19.6. The minimum absolute atomic E-state index is 0.162. The summed E-state index contributed by atoms with van der Waals surface area (Å²) in [5, 5.41) is 2.71. The van der Waals surface area contributed by atoms with Gasteiger partial charge in [0.15, 0.2) is 6.10 Å². The van der Waals surface area contributed by atoms with Crippen LogP contribution in [-0.2, 0) is 23.9 Å². The Morgan fingerprint density at radius 2 is 1.90 bits per heavy atom. The van der Waals surface area contributed by atoms with Crippen molar-refractivity contribution in [2.45, 2.75) is 58.3 Å². The highest BCUT2D eigenvalue weighted by Gasteiger charge is 2.39. The lowest BCUT2D eigenvalue weighted by atomic mass is 10.1. The van der Waals surface area contributed by atoms with Crippen LogP contribution in [0.15, 0.2) is 24.3 Å². The maximum absolute atomic E-state index is 12.9. The van der Waals surface area contributed by atoms with Crippen LogP contribution in [0.1, 0.15) is 40.5 Å². The van der Waals surface area contributed by atoms with Crippen LogP contribution >= 0.6 is 0 Å². The Hall–Kier alpha value is -3.10. The monoisotopic (exact) mass is 417 g/mol. The third-order valence-electron chi connectivity index (χ3n) is 4.83. The van der Waals surface area contributed by atoms with Crippen molar-refractivity contribution in [3.8, 4) is 0 Å². The number of likely N-dealkylation sites (tertiary alicyclic amines) is 1. The highest BCUT2D eigenvalue weighted by molar-refractivity contribution is 6.11. The summed E-state index contributed by atoms with van der Waals surface area (Å²) < 4.78 is 10.8. The predicted molar refractivity (Wildman–Crippen MR) is 109 cm³/mol. The van der Waals surface area contributed by atoms with E-state index in [1.54, 1.807) is 45.0 Å². The van der Waals surface area contributed by atoms with E-state index in [2.05, 4.69) is 5.32 Å². The molecule has 0 saturated carbocycles. The van der Waals surface area contributed by atoms with Gasteiger partial charge in [-0.3, -0.25) is 19.4 Å². The van der Waals surface area contributed by atoms with Gasteiger partial charge in [-0.1, -0.05) is 12.1 Å². The molecule has 9 nitrogen and oxygen atoms in total. The van der Waals surface area contributed by atoms with Gasteiger partial charge < -0.3 is 14.8 Å². The summed E-state index contributed by atoms with van der Waals surface area (Å²) >= 11 is 0. The Balaban J connectivity index is 1.67. The van der Waals surface area contributed by atoms with Gasteiger partial charge >= 0.3 is 12.1 Å². The number of rotatable bonds is 3. The van der Waals surface area contributed by atoms with Crippen LogP contribution in [0, 0.1) is 0 Å². The summed E-state index contributed by atoms with van der Waals surface area (Å²) in [4.78, 5) is 52.6. The molecule has 30 heavy (non-hydrogen) atoms. The number of hydrogen-bond acceptors (Lipinski definition) is 6. The molecule has 0 aliphatic carbocycles. The minimum Gasteiger partial charge on any atom is -0.451 e. The molecule has 1 aromatic rings. The van der Waals surface area contributed by atoms with Crippen molar-refractivity contribution in [1.29, 1.82) is 0 Å². The Morgan fingerprint density at radius 1 is 1.20 bits per heavy atom. The molecular weight excluding hydrogens is 390 g/mol. The summed E-state index contributed by atoms with van der Waals surface area (Å²) in [6.07, 6.45) is -0.616. The van der Waals surface area contributed by atoms with Gasteiger partial charge in [-0.15, -0.1) is 0 Å².